The largest absolute Gasteiger partial charge is 0.341 e. The molecule has 1 aliphatic rings. The van der Waals surface area contributed by atoms with Crippen LogP contribution in [0.4, 0.5) is 5.69 Å². The molecule has 2 atom stereocenters. The van der Waals surface area contributed by atoms with Gasteiger partial charge in [-0.1, -0.05) is 26.0 Å². The molecule has 0 saturated carbocycles. The molecule has 1 saturated heterocycles. The zero-order valence-corrected chi connectivity index (χ0v) is 15.8. The molecule has 6 heteroatoms. The van der Waals surface area contributed by atoms with E-state index in [0.717, 1.165) is 18.4 Å². The molecule has 1 aliphatic heterocycles. The number of sulfonamides is 1. The van der Waals surface area contributed by atoms with Crippen molar-refractivity contribution in [3.8, 4) is 0 Å². The SMILES string of the molecule is CC[C@@H](C(=O)N1CCC[C@H](C)C1)N(c1cccc(C)c1)S(C)(=O)=O. The predicted octanol–water partition coefficient (Wildman–Crippen LogP) is 2.80. The van der Waals surface area contributed by atoms with Crippen molar-refractivity contribution in [1.29, 1.82) is 0 Å². The summed E-state index contributed by atoms with van der Waals surface area (Å²) >= 11 is 0. The molecular weight excluding hydrogens is 324 g/mol. The van der Waals surface area contributed by atoms with E-state index < -0.39 is 16.1 Å². The van der Waals surface area contributed by atoms with E-state index in [9.17, 15) is 13.2 Å². The molecule has 134 valence electrons. The van der Waals surface area contributed by atoms with Crippen molar-refractivity contribution in [2.45, 2.75) is 46.1 Å². The molecule has 2 rings (SSSR count). The molecule has 1 fully saturated rings. The zero-order chi connectivity index (χ0) is 17.9. The topological polar surface area (TPSA) is 57.7 Å². The van der Waals surface area contributed by atoms with Gasteiger partial charge in [-0.25, -0.2) is 8.42 Å². The summed E-state index contributed by atoms with van der Waals surface area (Å²) in [5.41, 5.74) is 1.53. The third-order valence-corrected chi connectivity index (χ3v) is 5.72. The summed E-state index contributed by atoms with van der Waals surface area (Å²) in [5, 5.41) is 0. The van der Waals surface area contributed by atoms with Gasteiger partial charge in [0.15, 0.2) is 0 Å². The number of anilines is 1. The molecule has 0 unspecified atom stereocenters. The normalized spacial score (nSPS) is 19.8. The predicted molar refractivity (Wildman–Crippen MR) is 97.6 cm³/mol. The Morgan fingerprint density at radius 3 is 2.67 bits per heavy atom. The lowest BCUT2D eigenvalue weighted by Gasteiger charge is -2.37. The van der Waals surface area contributed by atoms with E-state index >= 15 is 0 Å². The number of aryl methyl sites for hydroxylation is 1. The number of piperidine rings is 1. The standard InChI is InChI=1S/C18H28N2O3S/c1-5-17(18(21)19-11-7-9-15(3)13-19)20(24(4,22)23)16-10-6-8-14(2)12-16/h6,8,10,12,15,17H,5,7,9,11,13H2,1-4H3/t15-,17-/m0/s1. The molecule has 0 aliphatic carbocycles. The Morgan fingerprint density at radius 1 is 1.42 bits per heavy atom. The Morgan fingerprint density at radius 2 is 2.12 bits per heavy atom. The fourth-order valence-electron chi connectivity index (χ4n) is 3.41. The number of benzene rings is 1. The van der Waals surface area contributed by atoms with Crippen LogP contribution in [0.5, 0.6) is 0 Å². The first kappa shape index (κ1) is 18.8. The number of amides is 1. The van der Waals surface area contributed by atoms with Gasteiger partial charge in [0, 0.05) is 13.1 Å². The summed E-state index contributed by atoms with van der Waals surface area (Å²) in [7, 11) is -3.56. The highest BCUT2D eigenvalue weighted by molar-refractivity contribution is 7.92. The van der Waals surface area contributed by atoms with E-state index in [0.29, 0.717) is 31.1 Å². The molecular formula is C18H28N2O3S. The number of carbonyl (C=O) groups is 1. The average molecular weight is 353 g/mol. The highest BCUT2D eigenvalue weighted by atomic mass is 32.2. The number of hydrogen-bond acceptors (Lipinski definition) is 3. The van der Waals surface area contributed by atoms with Crippen LogP contribution in [0.2, 0.25) is 0 Å². The fraction of sp³-hybridized carbons (Fsp3) is 0.611. The summed E-state index contributed by atoms with van der Waals surface area (Å²) in [6.45, 7) is 7.34. The number of rotatable bonds is 5. The Balaban J connectivity index is 2.37. The molecule has 1 heterocycles. The van der Waals surface area contributed by atoms with Crippen LogP contribution < -0.4 is 4.31 Å². The van der Waals surface area contributed by atoms with E-state index in [4.69, 9.17) is 0 Å². The molecule has 0 N–H and O–H groups in total. The first-order chi connectivity index (χ1) is 11.2. The van der Waals surface area contributed by atoms with Crippen molar-refractivity contribution in [3.05, 3.63) is 29.8 Å². The highest BCUT2D eigenvalue weighted by Gasteiger charge is 2.35. The van der Waals surface area contributed by atoms with Gasteiger partial charge in [0.05, 0.1) is 11.9 Å². The van der Waals surface area contributed by atoms with Crippen LogP contribution >= 0.6 is 0 Å². The third-order valence-electron chi connectivity index (χ3n) is 4.54. The molecule has 5 nitrogen and oxygen atoms in total. The van der Waals surface area contributed by atoms with E-state index in [1.54, 1.807) is 6.07 Å². The number of likely N-dealkylation sites (tertiary alicyclic amines) is 1. The molecule has 1 aromatic carbocycles. The maximum absolute atomic E-state index is 13.0. The first-order valence-electron chi connectivity index (χ1n) is 8.59. The van der Waals surface area contributed by atoms with Gasteiger partial charge in [-0.15, -0.1) is 0 Å². The highest BCUT2D eigenvalue weighted by Crippen LogP contribution is 2.26. The number of hydrogen-bond donors (Lipinski definition) is 0. The minimum absolute atomic E-state index is 0.0871. The monoisotopic (exact) mass is 352 g/mol. The van der Waals surface area contributed by atoms with Crippen molar-refractivity contribution in [3.63, 3.8) is 0 Å². The van der Waals surface area contributed by atoms with E-state index in [1.165, 1.54) is 10.6 Å². The minimum Gasteiger partial charge on any atom is -0.341 e. The zero-order valence-electron chi connectivity index (χ0n) is 15.0. The molecule has 1 amide bonds. The van der Waals surface area contributed by atoms with Crippen LogP contribution in [0, 0.1) is 12.8 Å². The maximum Gasteiger partial charge on any atom is 0.246 e. The molecule has 0 spiro atoms. The number of carbonyl (C=O) groups excluding carboxylic acids is 1. The van der Waals surface area contributed by atoms with E-state index in [2.05, 4.69) is 6.92 Å². The second-order valence-electron chi connectivity index (χ2n) is 6.85. The van der Waals surface area contributed by atoms with Crippen LogP contribution in [0.1, 0.15) is 38.7 Å². The van der Waals surface area contributed by atoms with Crippen LogP contribution in [-0.4, -0.2) is 44.6 Å². The van der Waals surface area contributed by atoms with Gasteiger partial charge in [0.2, 0.25) is 15.9 Å². The van der Waals surface area contributed by atoms with Crippen LogP contribution in [-0.2, 0) is 14.8 Å². The third kappa shape index (κ3) is 4.29. The Bertz CT molecular complexity index is 687. The minimum atomic E-state index is -3.56. The Labute approximate surface area is 145 Å². The van der Waals surface area contributed by atoms with Gasteiger partial charge in [0.1, 0.15) is 6.04 Å². The lowest BCUT2D eigenvalue weighted by atomic mass is 9.99. The van der Waals surface area contributed by atoms with Crippen molar-refractivity contribution < 1.29 is 13.2 Å². The van der Waals surface area contributed by atoms with E-state index in [-0.39, 0.29) is 5.91 Å². The summed E-state index contributed by atoms with van der Waals surface area (Å²) in [5.74, 6) is 0.377. The fourth-order valence-corrected chi connectivity index (χ4v) is 4.61. The van der Waals surface area contributed by atoms with Crippen molar-refractivity contribution in [2.24, 2.45) is 5.92 Å². The van der Waals surface area contributed by atoms with Gasteiger partial charge < -0.3 is 4.90 Å². The maximum atomic E-state index is 13.0. The number of nitrogens with zero attached hydrogens (tertiary/aromatic N) is 2. The Kier molecular flexibility index (Phi) is 5.91. The van der Waals surface area contributed by atoms with Gasteiger partial charge in [-0.05, 0) is 49.8 Å². The lowest BCUT2D eigenvalue weighted by Crippen LogP contribution is -2.52. The average Bonchev–Trinajstić information content (AvgIpc) is 2.50. The molecule has 1 aromatic rings. The molecule has 0 radical (unpaired) electrons. The molecule has 24 heavy (non-hydrogen) atoms. The van der Waals surface area contributed by atoms with Crippen molar-refractivity contribution in [1.82, 2.24) is 4.90 Å². The first-order valence-corrected chi connectivity index (χ1v) is 10.4. The van der Waals surface area contributed by atoms with Crippen LogP contribution in [0.15, 0.2) is 24.3 Å². The van der Waals surface area contributed by atoms with Crippen LogP contribution in [0.3, 0.4) is 0 Å². The summed E-state index contributed by atoms with van der Waals surface area (Å²) in [4.78, 5) is 14.9. The van der Waals surface area contributed by atoms with Gasteiger partial charge in [-0.2, -0.15) is 0 Å². The second-order valence-corrected chi connectivity index (χ2v) is 8.71. The quantitative estimate of drug-likeness (QED) is 0.819. The lowest BCUT2D eigenvalue weighted by molar-refractivity contribution is -0.134. The Hall–Kier alpha value is -1.56. The molecule has 0 bridgehead atoms. The summed E-state index contributed by atoms with van der Waals surface area (Å²) < 4.78 is 26.2. The van der Waals surface area contributed by atoms with Gasteiger partial charge in [0.25, 0.3) is 0 Å². The van der Waals surface area contributed by atoms with Gasteiger partial charge in [-0.3, -0.25) is 9.10 Å². The smallest absolute Gasteiger partial charge is 0.246 e. The molecule has 0 aromatic heterocycles. The summed E-state index contributed by atoms with van der Waals surface area (Å²) in [6.07, 6.45) is 3.72. The van der Waals surface area contributed by atoms with Crippen LogP contribution in [0.25, 0.3) is 0 Å². The van der Waals surface area contributed by atoms with Gasteiger partial charge >= 0.3 is 0 Å². The van der Waals surface area contributed by atoms with Crippen molar-refractivity contribution in [2.75, 3.05) is 23.7 Å². The van der Waals surface area contributed by atoms with E-state index in [1.807, 2.05) is 36.9 Å². The second kappa shape index (κ2) is 7.55. The van der Waals surface area contributed by atoms with Crippen molar-refractivity contribution >= 4 is 21.6 Å². The summed E-state index contributed by atoms with van der Waals surface area (Å²) in [6, 6.07) is 6.62.